The van der Waals surface area contributed by atoms with Crippen LogP contribution in [0.15, 0.2) is 0 Å². The Labute approximate surface area is 115 Å². The van der Waals surface area contributed by atoms with E-state index in [1.807, 2.05) is 20.8 Å². The van der Waals surface area contributed by atoms with Gasteiger partial charge in [0.25, 0.3) is 0 Å². The Morgan fingerprint density at radius 1 is 1.26 bits per heavy atom. The molecule has 0 aliphatic rings. The van der Waals surface area contributed by atoms with Crippen molar-refractivity contribution in [3.8, 4) is 11.8 Å². The standard InChI is InChI=1S/C14H23NO4/c1-5-7-9-18-14(17)15-12(8-6-2)13(16)19-10-11(3)4/h11-12H,6,8-10H2,1-4H3,(H,15,17)/t12-/m0/s1. The van der Waals surface area contributed by atoms with Crippen LogP contribution in [0.25, 0.3) is 0 Å². The molecule has 0 unspecified atom stereocenters. The zero-order valence-corrected chi connectivity index (χ0v) is 12.1. The predicted molar refractivity (Wildman–Crippen MR) is 72.4 cm³/mol. The Kier molecular flexibility index (Phi) is 9.33. The zero-order chi connectivity index (χ0) is 14.7. The van der Waals surface area contributed by atoms with E-state index in [-0.39, 0.29) is 12.5 Å². The maximum atomic E-state index is 11.8. The van der Waals surface area contributed by atoms with Crippen LogP contribution in [0.1, 0.15) is 40.5 Å². The monoisotopic (exact) mass is 269 g/mol. The summed E-state index contributed by atoms with van der Waals surface area (Å²) >= 11 is 0. The van der Waals surface area contributed by atoms with Gasteiger partial charge >= 0.3 is 12.1 Å². The first kappa shape index (κ1) is 17.3. The van der Waals surface area contributed by atoms with Crippen molar-refractivity contribution in [3.63, 3.8) is 0 Å². The first-order valence-electron chi connectivity index (χ1n) is 6.50. The third kappa shape index (κ3) is 8.95. The molecule has 0 spiro atoms. The van der Waals surface area contributed by atoms with Gasteiger partial charge in [-0.25, -0.2) is 9.59 Å². The summed E-state index contributed by atoms with van der Waals surface area (Å²) in [5.41, 5.74) is 0. The van der Waals surface area contributed by atoms with E-state index in [0.717, 1.165) is 6.42 Å². The number of esters is 1. The molecule has 0 radical (unpaired) electrons. The minimum atomic E-state index is -0.661. The molecule has 1 N–H and O–H groups in total. The molecular weight excluding hydrogens is 246 g/mol. The second-order valence-electron chi connectivity index (χ2n) is 4.51. The average molecular weight is 269 g/mol. The van der Waals surface area contributed by atoms with Crippen LogP contribution < -0.4 is 5.32 Å². The number of rotatable bonds is 7. The number of hydrogen-bond donors (Lipinski definition) is 1. The van der Waals surface area contributed by atoms with E-state index in [2.05, 4.69) is 17.2 Å². The number of nitrogens with one attached hydrogen (secondary N) is 1. The fourth-order valence-corrected chi connectivity index (χ4v) is 1.24. The maximum Gasteiger partial charge on any atom is 0.408 e. The lowest BCUT2D eigenvalue weighted by atomic mass is 10.1. The van der Waals surface area contributed by atoms with Crippen molar-refractivity contribution in [3.05, 3.63) is 0 Å². The molecule has 1 atom stereocenters. The molecule has 0 aromatic carbocycles. The van der Waals surface area contributed by atoms with Gasteiger partial charge in [-0.05, 0) is 19.3 Å². The minimum absolute atomic E-state index is 0.0161. The predicted octanol–water partition coefficient (Wildman–Crippen LogP) is 2.10. The molecule has 0 rings (SSSR count). The van der Waals surface area contributed by atoms with Crippen LogP contribution in [-0.2, 0) is 14.3 Å². The van der Waals surface area contributed by atoms with Gasteiger partial charge in [0, 0.05) is 0 Å². The highest BCUT2D eigenvalue weighted by molar-refractivity contribution is 5.81. The van der Waals surface area contributed by atoms with Crippen LogP contribution in [0.4, 0.5) is 4.79 Å². The summed E-state index contributed by atoms with van der Waals surface area (Å²) in [5, 5.41) is 2.50. The molecule has 1 amide bonds. The summed E-state index contributed by atoms with van der Waals surface area (Å²) in [6.07, 6.45) is 0.629. The molecule has 0 aliphatic heterocycles. The Morgan fingerprint density at radius 2 is 1.95 bits per heavy atom. The van der Waals surface area contributed by atoms with Crippen molar-refractivity contribution in [1.29, 1.82) is 0 Å². The van der Waals surface area contributed by atoms with E-state index in [9.17, 15) is 9.59 Å². The molecule has 0 fully saturated rings. The summed E-state index contributed by atoms with van der Waals surface area (Å²) in [7, 11) is 0. The highest BCUT2D eigenvalue weighted by Crippen LogP contribution is 2.02. The second kappa shape index (κ2) is 10.2. The van der Waals surface area contributed by atoms with Crippen molar-refractivity contribution in [1.82, 2.24) is 5.32 Å². The summed E-state index contributed by atoms with van der Waals surface area (Å²) in [6, 6.07) is -0.661. The number of alkyl carbamates (subject to hydrolysis) is 1. The lowest BCUT2D eigenvalue weighted by Gasteiger charge is -2.17. The van der Waals surface area contributed by atoms with Gasteiger partial charge in [0.15, 0.2) is 6.61 Å². The summed E-state index contributed by atoms with van der Waals surface area (Å²) in [6.45, 7) is 7.85. The molecule has 5 nitrogen and oxygen atoms in total. The molecule has 0 aromatic heterocycles. The van der Waals surface area contributed by atoms with Crippen LogP contribution in [0.3, 0.4) is 0 Å². The van der Waals surface area contributed by atoms with Gasteiger partial charge in [-0.15, -0.1) is 5.92 Å². The van der Waals surface area contributed by atoms with Crippen LogP contribution in [0.5, 0.6) is 0 Å². The molecule has 0 aliphatic carbocycles. The number of carbonyl (C=O) groups excluding carboxylic acids is 2. The Hall–Kier alpha value is -1.70. The molecule has 0 saturated carbocycles. The molecule has 0 aromatic rings. The molecule has 19 heavy (non-hydrogen) atoms. The van der Waals surface area contributed by atoms with E-state index >= 15 is 0 Å². The molecule has 108 valence electrons. The van der Waals surface area contributed by atoms with Crippen LogP contribution in [-0.4, -0.2) is 31.3 Å². The van der Waals surface area contributed by atoms with E-state index < -0.39 is 18.1 Å². The smallest absolute Gasteiger partial charge is 0.408 e. The van der Waals surface area contributed by atoms with Crippen LogP contribution in [0.2, 0.25) is 0 Å². The average Bonchev–Trinajstić information content (AvgIpc) is 2.35. The van der Waals surface area contributed by atoms with E-state index in [1.165, 1.54) is 0 Å². The lowest BCUT2D eigenvalue weighted by molar-refractivity contribution is -0.147. The number of ether oxygens (including phenoxy) is 2. The van der Waals surface area contributed by atoms with Crippen LogP contribution in [0, 0.1) is 17.8 Å². The fourth-order valence-electron chi connectivity index (χ4n) is 1.24. The quantitative estimate of drug-likeness (QED) is 0.568. The molecule has 0 heterocycles. The van der Waals surface area contributed by atoms with Crippen molar-refractivity contribution >= 4 is 12.1 Å². The Bertz CT molecular complexity index is 341. The third-order valence-electron chi connectivity index (χ3n) is 2.17. The Balaban J connectivity index is 4.25. The van der Waals surface area contributed by atoms with Gasteiger partial charge < -0.3 is 14.8 Å². The van der Waals surface area contributed by atoms with E-state index in [4.69, 9.17) is 9.47 Å². The van der Waals surface area contributed by atoms with Gasteiger partial charge in [-0.2, -0.15) is 0 Å². The number of hydrogen-bond acceptors (Lipinski definition) is 4. The molecular formula is C14H23NO4. The maximum absolute atomic E-state index is 11.8. The highest BCUT2D eigenvalue weighted by atomic mass is 16.6. The largest absolute Gasteiger partial charge is 0.464 e. The summed E-state index contributed by atoms with van der Waals surface area (Å²) in [4.78, 5) is 23.2. The topological polar surface area (TPSA) is 64.6 Å². The van der Waals surface area contributed by atoms with Crippen molar-refractivity contribution in [2.45, 2.75) is 46.6 Å². The lowest BCUT2D eigenvalue weighted by Crippen LogP contribution is -2.42. The molecule has 0 saturated heterocycles. The first-order chi connectivity index (χ1) is 9.01. The minimum Gasteiger partial charge on any atom is -0.464 e. The van der Waals surface area contributed by atoms with Crippen molar-refractivity contribution in [2.24, 2.45) is 5.92 Å². The first-order valence-corrected chi connectivity index (χ1v) is 6.50. The Morgan fingerprint density at radius 3 is 2.47 bits per heavy atom. The second-order valence-corrected chi connectivity index (χ2v) is 4.51. The highest BCUT2D eigenvalue weighted by Gasteiger charge is 2.22. The zero-order valence-electron chi connectivity index (χ0n) is 12.1. The number of carbonyl (C=O) groups is 2. The normalized spacial score (nSPS) is 11.2. The van der Waals surface area contributed by atoms with Gasteiger partial charge in [-0.3, -0.25) is 0 Å². The summed E-state index contributed by atoms with van der Waals surface area (Å²) < 4.78 is 9.91. The van der Waals surface area contributed by atoms with Crippen molar-refractivity contribution in [2.75, 3.05) is 13.2 Å². The van der Waals surface area contributed by atoms with Crippen LogP contribution >= 0.6 is 0 Å². The van der Waals surface area contributed by atoms with Gasteiger partial charge in [-0.1, -0.05) is 33.1 Å². The summed E-state index contributed by atoms with van der Waals surface area (Å²) in [5.74, 6) is 5.05. The van der Waals surface area contributed by atoms with Crippen molar-refractivity contribution < 1.29 is 19.1 Å². The van der Waals surface area contributed by atoms with E-state index in [1.54, 1.807) is 6.92 Å². The van der Waals surface area contributed by atoms with E-state index in [0.29, 0.717) is 13.0 Å². The molecule has 5 heteroatoms. The SMILES string of the molecule is CC#CCOC(=O)N[C@@H](CCC)C(=O)OCC(C)C. The fraction of sp³-hybridized carbons (Fsp3) is 0.714. The third-order valence-corrected chi connectivity index (χ3v) is 2.17. The van der Waals surface area contributed by atoms with Gasteiger partial charge in [0.05, 0.1) is 6.61 Å². The van der Waals surface area contributed by atoms with Gasteiger partial charge in [0.2, 0.25) is 0 Å². The number of amides is 1. The molecule has 0 bridgehead atoms. The van der Waals surface area contributed by atoms with Gasteiger partial charge in [0.1, 0.15) is 6.04 Å².